The molecule has 2 saturated heterocycles. The average molecular weight is 487 g/mol. The van der Waals surface area contributed by atoms with Crippen molar-refractivity contribution in [1.29, 1.82) is 0 Å². The first-order valence-electron chi connectivity index (χ1n) is 10.3. The van der Waals surface area contributed by atoms with Gasteiger partial charge in [0.1, 0.15) is 16.4 Å². The molecule has 0 N–H and O–H groups in total. The fraction of sp³-hybridized carbons (Fsp3) is 0.381. The van der Waals surface area contributed by atoms with Crippen molar-refractivity contribution in [2.24, 2.45) is 0 Å². The van der Waals surface area contributed by atoms with Crippen molar-refractivity contribution in [1.82, 2.24) is 4.90 Å². The second-order valence-corrected chi connectivity index (χ2v) is 8.23. The Labute approximate surface area is 191 Å². The van der Waals surface area contributed by atoms with Gasteiger partial charge in [0.25, 0.3) is 11.6 Å². The van der Waals surface area contributed by atoms with Crippen LogP contribution >= 0.6 is 11.6 Å². The van der Waals surface area contributed by atoms with E-state index in [4.69, 9.17) is 11.6 Å². The Morgan fingerprint density at radius 1 is 0.879 bits per heavy atom. The highest BCUT2D eigenvalue weighted by Crippen LogP contribution is 2.35. The highest BCUT2D eigenvalue weighted by molar-refractivity contribution is 6.31. The molecule has 0 bridgehead atoms. The average Bonchev–Trinajstić information content (AvgIpc) is 3.36. The first-order chi connectivity index (χ1) is 15.7. The van der Waals surface area contributed by atoms with E-state index in [2.05, 4.69) is 0 Å². The lowest BCUT2D eigenvalue weighted by Gasteiger charge is -2.36. The molecule has 0 saturated carbocycles. The number of carbonyl (C=O) groups is 1. The van der Waals surface area contributed by atoms with Crippen LogP contribution in [0.5, 0.6) is 0 Å². The molecule has 2 heterocycles. The molecule has 2 aromatic carbocycles. The summed E-state index contributed by atoms with van der Waals surface area (Å²) in [6.45, 7) is 1.18. The molecule has 2 aromatic rings. The van der Waals surface area contributed by atoms with E-state index in [-0.39, 0.29) is 37.4 Å². The van der Waals surface area contributed by atoms with Gasteiger partial charge in [0, 0.05) is 50.9 Å². The summed E-state index contributed by atoms with van der Waals surface area (Å²) in [6.07, 6.45) is 1.87. The molecule has 0 aromatic heterocycles. The van der Waals surface area contributed by atoms with E-state index in [0.29, 0.717) is 18.8 Å². The first kappa shape index (κ1) is 23.1. The van der Waals surface area contributed by atoms with Gasteiger partial charge in [-0.2, -0.15) is 0 Å². The lowest BCUT2D eigenvalue weighted by Crippen LogP contribution is -2.49. The molecule has 176 valence electrons. The topological polar surface area (TPSA) is 69.9 Å². The standard InChI is InChI=1S/C21H19ClF4N4O3/c22-15-16(23)18(25)20(19(26)17(15)24)28-7-9-29(10-8-28)21(31)12-3-4-13(14(11-12)30(32)33)27-5-1-2-6-27/h3-4,11H,1-2,5-10H2. The number of nitro groups is 1. The van der Waals surface area contributed by atoms with E-state index in [1.165, 1.54) is 17.0 Å². The summed E-state index contributed by atoms with van der Waals surface area (Å²) in [5.74, 6) is -7.07. The molecular formula is C21H19ClF4N4O3. The number of rotatable bonds is 4. The lowest BCUT2D eigenvalue weighted by atomic mass is 10.1. The van der Waals surface area contributed by atoms with Crippen LogP contribution < -0.4 is 9.80 Å². The van der Waals surface area contributed by atoms with Crippen molar-refractivity contribution < 1.29 is 27.3 Å². The van der Waals surface area contributed by atoms with E-state index in [9.17, 15) is 32.5 Å². The van der Waals surface area contributed by atoms with Gasteiger partial charge in [-0.05, 0) is 25.0 Å². The highest BCUT2D eigenvalue weighted by Gasteiger charge is 2.32. The summed E-state index contributed by atoms with van der Waals surface area (Å²) >= 11 is 5.27. The van der Waals surface area contributed by atoms with Crippen molar-refractivity contribution in [3.8, 4) is 0 Å². The zero-order valence-corrected chi connectivity index (χ0v) is 18.0. The van der Waals surface area contributed by atoms with Crippen LogP contribution in [-0.2, 0) is 0 Å². The third-order valence-corrected chi connectivity index (χ3v) is 6.27. The Hall–Kier alpha value is -3.08. The van der Waals surface area contributed by atoms with E-state index in [1.54, 1.807) is 6.07 Å². The molecule has 12 heteroatoms. The Morgan fingerprint density at radius 2 is 1.45 bits per heavy atom. The van der Waals surface area contributed by atoms with Crippen LogP contribution in [0.3, 0.4) is 0 Å². The quantitative estimate of drug-likeness (QED) is 0.211. The van der Waals surface area contributed by atoms with E-state index < -0.39 is 44.8 Å². The SMILES string of the molecule is O=C(c1ccc(N2CCCC2)c([N+](=O)[O-])c1)N1CCN(c2c(F)c(F)c(Cl)c(F)c2F)CC1. The maximum Gasteiger partial charge on any atom is 0.293 e. The van der Waals surface area contributed by atoms with E-state index in [0.717, 1.165) is 17.7 Å². The molecule has 0 radical (unpaired) electrons. The van der Waals surface area contributed by atoms with Gasteiger partial charge in [0.05, 0.1) is 4.92 Å². The number of halogens is 5. The van der Waals surface area contributed by atoms with Gasteiger partial charge in [0.2, 0.25) is 0 Å². The summed E-state index contributed by atoms with van der Waals surface area (Å²) < 4.78 is 56.1. The number of hydrogen-bond donors (Lipinski definition) is 0. The van der Waals surface area contributed by atoms with Crippen molar-refractivity contribution in [3.63, 3.8) is 0 Å². The Balaban J connectivity index is 1.51. The van der Waals surface area contributed by atoms with Gasteiger partial charge >= 0.3 is 0 Å². The minimum Gasteiger partial charge on any atom is -0.366 e. The fourth-order valence-corrected chi connectivity index (χ4v) is 4.38. The summed E-state index contributed by atoms with van der Waals surface area (Å²) in [5, 5.41) is 10.3. The van der Waals surface area contributed by atoms with Gasteiger partial charge in [-0.15, -0.1) is 0 Å². The molecule has 2 aliphatic rings. The normalized spacial score (nSPS) is 16.5. The molecule has 1 amide bonds. The number of nitro benzene ring substituents is 1. The third-order valence-electron chi connectivity index (χ3n) is 5.94. The molecule has 33 heavy (non-hydrogen) atoms. The summed E-state index contributed by atoms with van der Waals surface area (Å²) in [4.78, 5) is 28.3. The predicted octanol–water partition coefficient (Wildman–Crippen LogP) is 4.37. The molecule has 0 spiro atoms. The number of piperazine rings is 1. The largest absolute Gasteiger partial charge is 0.366 e. The number of benzene rings is 2. The third kappa shape index (κ3) is 4.17. The fourth-order valence-electron chi connectivity index (χ4n) is 4.21. The molecule has 2 aliphatic heterocycles. The zero-order chi connectivity index (χ0) is 23.9. The van der Waals surface area contributed by atoms with Crippen LogP contribution in [0.2, 0.25) is 5.02 Å². The Kier molecular flexibility index (Phi) is 6.33. The molecule has 2 fully saturated rings. The molecule has 0 atom stereocenters. The van der Waals surface area contributed by atoms with Crippen molar-refractivity contribution in [2.45, 2.75) is 12.8 Å². The van der Waals surface area contributed by atoms with Crippen LogP contribution in [0, 0.1) is 33.4 Å². The van der Waals surface area contributed by atoms with Crippen LogP contribution in [0.25, 0.3) is 0 Å². The smallest absolute Gasteiger partial charge is 0.293 e. The zero-order valence-electron chi connectivity index (χ0n) is 17.3. The molecule has 0 aliphatic carbocycles. The lowest BCUT2D eigenvalue weighted by molar-refractivity contribution is -0.384. The summed E-state index contributed by atoms with van der Waals surface area (Å²) in [7, 11) is 0. The first-order valence-corrected chi connectivity index (χ1v) is 10.7. The maximum atomic E-state index is 14.2. The predicted molar refractivity (Wildman–Crippen MR) is 114 cm³/mol. The maximum absolute atomic E-state index is 14.2. The Bertz CT molecular complexity index is 1090. The number of carbonyl (C=O) groups excluding carboxylic acids is 1. The van der Waals surface area contributed by atoms with Crippen molar-refractivity contribution in [3.05, 3.63) is 62.2 Å². The van der Waals surface area contributed by atoms with Crippen LogP contribution in [0.15, 0.2) is 18.2 Å². The second kappa shape index (κ2) is 9.05. The van der Waals surface area contributed by atoms with Crippen molar-refractivity contribution in [2.75, 3.05) is 49.1 Å². The Morgan fingerprint density at radius 3 is 2.00 bits per heavy atom. The van der Waals surface area contributed by atoms with Crippen molar-refractivity contribution >= 4 is 34.6 Å². The number of nitrogens with zero attached hydrogens (tertiary/aromatic N) is 4. The number of amides is 1. The molecular weight excluding hydrogens is 468 g/mol. The summed E-state index contributed by atoms with van der Waals surface area (Å²) in [6, 6.07) is 4.29. The van der Waals surface area contributed by atoms with Crippen LogP contribution in [0.1, 0.15) is 23.2 Å². The number of anilines is 2. The van der Waals surface area contributed by atoms with E-state index >= 15 is 0 Å². The van der Waals surface area contributed by atoms with Crippen LogP contribution in [0.4, 0.5) is 34.6 Å². The van der Waals surface area contributed by atoms with Gasteiger partial charge < -0.3 is 14.7 Å². The number of hydrogen-bond acceptors (Lipinski definition) is 5. The summed E-state index contributed by atoms with van der Waals surface area (Å²) in [5.41, 5.74) is -0.486. The second-order valence-electron chi connectivity index (χ2n) is 7.85. The van der Waals surface area contributed by atoms with Gasteiger partial charge in [-0.3, -0.25) is 14.9 Å². The highest BCUT2D eigenvalue weighted by atomic mass is 35.5. The molecule has 0 unspecified atom stereocenters. The monoisotopic (exact) mass is 486 g/mol. The van der Waals surface area contributed by atoms with Gasteiger partial charge in [-0.25, -0.2) is 17.6 Å². The van der Waals surface area contributed by atoms with Gasteiger partial charge in [0.15, 0.2) is 23.3 Å². The van der Waals surface area contributed by atoms with Crippen LogP contribution in [-0.4, -0.2) is 55.0 Å². The minimum absolute atomic E-state index is 0.00868. The van der Waals surface area contributed by atoms with E-state index in [1.807, 2.05) is 4.90 Å². The van der Waals surface area contributed by atoms with Gasteiger partial charge in [-0.1, -0.05) is 11.6 Å². The minimum atomic E-state index is -1.69. The molecule has 7 nitrogen and oxygen atoms in total. The molecule has 4 rings (SSSR count).